The molecule has 0 aliphatic heterocycles. The summed E-state index contributed by atoms with van der Waals surface area (Å²) in [6.45, 7) is 0. The van der Waals surface area contributed by atoms with Crippen LogP contribution in [0.4, 0.5) is 5.13 Å². The number of esters is 1. The largest absolute Gasteiger partial charge is 0.469 e. The lowest BCUT2D eigenvalue weighted by atomic mass is 10.0. The smallest absolute Gasteiger partial charge is 0.311 e. The summed E-state index contributed by atoms with van der Waals surface area (Å²) in [6.07, 6.45) is 0.0919. The number of rotatable bonds is 5. The first-order valence-electron chi connectivity index (χ1n) is 7.64. The predicted molar refractivity (Wildman–Crippen MR) is 97.7 cm³/mol. The number of aromatic nitrogens is 1. The summed E-state index contributed by atoms with van der Waals surface area (Å²) < 4.78 is 4.60. The lowest BCUT2D eigenvalue weighted by Crippen LogP contribution is -2.12. The Hall–Kier alpha value is -2.99. The van der Waals surface area contributed by atoms with Crippen LogP contribution in [0.2, 0.25) is 0 Å². The van der Waals surface area contributed by atoms with Crippen LogP contribution in [0.15, 0.2) is 60.0 Å². The maximum absolute atomic E-state index is 12.3. The van der Waals surface area contributed by atoms with Crippen molar-refractivity contribution in [2.24, 2.45) is 0 Å². The highest BCUT2D eigenvalue weighted by Crippen LogP contribution is 2.21. The lowest BCUT2D eigenvalue weighted by Gasteiger charge is -2.04. The van der Waals surface area contributed by atoms with E-state index in [1.54, 1.807) is 17.5 Å². The standard InChI is InChI=1S/C19H16N2O3S/c1-24-17(22)11-16-12-25-19(20-16)21-18(23)15-9-7-14(8-10-15)13-5-3-2-4-6-13/h2-10,12H,11H2,1H3,(H,20,21,23). The maximum atomic E-state index is 12.3. The monoisotopic (exact) mass is 352 g/mol. The fourth-order valence-electron chi connectivity index (χ4n) is 2.28. The highest BCUT2D eigenvalue weighted by atomic mass is 32.1. The lowest BCUT2D eigenvalue weighted by molar-refractivity contribution is -0.139. The Morgan fingerprint density at radius 2 is 1.72 bits per heavy atom. The maximum Gasteiger partial charge on any atom is 0.311 e. The molecule has 3 aromatic rings. The number of carbonyl (C=O) groups excluding carboxylic acids is 2. The van der Waals surface area contributed by atoms with E-state index in [0.717, 1.165) is 11.1 Å². The molecule has 5 nitrogen and oxygen atoms in total. The van der Waals surface area contributed by atoms with Crippen LogP contribution in [0, 0.1) is 0 Å². The van der Waals surface area contributed by atoms with Crippen LogP contribution in [0.25, 0.3) is 11.1 Å². The molecule has 0 spiro atoms. The van der Waals surface area contributed by atoms with E-state index >= 15 is 0 Å². The van der Waals surface area contributed by atoms with Gasteiger partial charge in [-0.15, -0.1) is 11.3 Å². The fraction of sp³-hybridized carbons (Fsp3) is 0.105. The molecule has 2 aromatic carbocycles. The van der Waals surface area contributed by atoms with Crippen molar-refractivity contribution in [2.45, 2.75) is 6.42 Å². The molecular formula is C19H16N2O3S. The summed E-state index contributed by atoms with van der Waals surface area (Å²) in [7, 11) is 1.33. The van der Waals surface area contributed by atoms with E-state index in [-0.39, 0.29) is 18.3 Å². The molecule has 0 unspecified atom stereocenters. The molecule has 126 valence electrons. The Balaban J connectivity index is 1.66. The highest BCUT2D eigenvalue weighted by Gasteiger charge is 2.11. The summed E-state index contributed by atoms with van der Waals surface area (Å²) >= 11 is 1.27. The molecule has 25 heavy (non-hydrogen) atoms. The van der Waals surface area contributed by atoms with Crippen molar-refractivity contribution in [3.8, 4) is 11.1 Å². The molecule has 0 atom stereocenters. The van der Waals surface area contributed by atoms with Gasteiger partial charge in [0, 0.05) is 10.9 Å². The molecule has 1 N–H and O–H groups in total. The van der Waals surface area contributed by atoms with Crippen molar-refractivity contribution in [1.82, 2.24) is 4.98 Å². The van der Waals surface area contributed by atoms with Crippen LogP contribution in [-0.4, -0.2) is 24.0 Å². The SMILES string of the molecule is COC(=O)Cc1csc(NC(=O)c2ccc(-c3ccccc3)cc2)n1. The topological polar surface area (TPSA) is 68.3 Å². The van der Waals surface area contributed by atoms with Gasteiger partial charge >= 0.3 is 5.97 Å². The molecule has 0 radical (unpaired) electrons. The number of carbonyl (C=O) groups is 2. The minimum Gasteiger partial charge on any atom is -0.469 e. The molecule has 3 rings (SSSR count). The molecule has 0 saturated heterocycles. The third kappa shape index (κ3) is 4.30. The molecule has 0 saturated carbocycles. The number of ether oxygens (including phenoxy) is 1. The average Bonchev–Trinajstić information content (AvgIpc) is 3.09. The van der Waals surface area contributed by atoms with E-state index in [1.807, 2.05) is 42.5 Å². The number of hydrogen-bond donors (Lipinski definition) is 1. The van der Waals surface area contributed by atoms with Gasteiger partial charge in [0.15, 0.2) is 5.13 Å². The van der Waals surface area contributed by atoms with Crippen LogP contribution < -0.4 is 5.32 Å². The van der Waals surface area contributed by atoms with Gasteiger partial charge < -0.3 is 4.74 Å². The third-order valence-electron chi connectivity index (χ3n) is 3.58. The normalized spacial score (nSPS) is 10.3. The Kier molecular flexibility index (Phi) is 5.20. The summed E-state index contributed by atoms with van der Waals surface area (Å²) in [6, 6.07) is 17.3. The minimum atomic E-state index is -0.361. The zero-order valence-corrected chi connectivity index (χ0v) is 14.4. The van der Waals surface area contributed by atoms with E-state index in [4.69, 9.17) is 0 Å². The fourth-order valence-corrected chi connectivity index (χ4v) is 2.98. The number of amides is 1. The van der Waals surface area contributed by atoms with Gasteiger partial charge in [-0.2, -0.15) is 0 Å². The molecule has 0 fully saturated rings. The van der Waals surface area contributed by atoms with Crippen molar-refractivity contribution < 1.29 is 14.3 Å². The van der Waals surface area contributed by atoms with Crippen LogP contribution in [-0.2, 0) is 16.0 Å². The summed E-state index contributed by atoms with van der Waals surface area (Å²) in [5, 5.41) is 4.93. The molecule has 1 aromatic heterocycles. The Bertz CT molecular complexity index is 873. The number of methoxy groups -OCH3 is 1. The van der Waals surface area contributed by atoms with Crippen molar-refractivity contribution in [1.29, 1.82) is 0 Å². The van der Waals surface area contributed by atoms with Gasteiger partial charge in [-0.05, 0) is 23.3 Å². The first-order valence-corrected chi connectivity index (χ1v) is 8.52. The third-order valence-corrected chi connectivity index (χ3v) is 4.39. The molecule has 1 heterocycles. The second-order valence-electron chi connectivity index (χ2n) is 5.29. The first-order chi connectivity index (χ1) is 12.2. The summed E-state index contributed by atoms with van der Waals surface area (Å²) in [5.41, 5.74) is 3.27. The van der Waals surface area contributed by atoms with Crippen LogP contribution in [0.5, 0.6) is 0 Å². The molecule has 0 aliphatic rings. The van der Waals surface area contributed by atoms with Gasteiger partial charge in [0.25, 0.3) is 5.91 Å². The van der Waals surface area contributed by atoms with E-state index in [2.05, 4.69) is 15.0 Å². The van der Waals surface area contributed by atoms with Crippen molar-refractivity contribution in [3.05, 3.63) is 71.2 Å². The second kappa shape index (κ2) is 7.72. The van der Waals surface area contributed by atoms with Gasteiger partial charge in [0.2, 0.25) is 0 Å². The van der Waals surface area contributed by atoms with Gasteiger partial charge in [0.05, 0.1) is 19.2 Å². The summed E-state index contributed by atoms with van der Waals surface area (Å²) in [5.74, 6) is -0.599. The minimum absolute atomic E-state index is 0.0919. The molecule has 0 bridgehead atoms. The molecular weight excluding hydrogens is 336 g/mol. The van der Waals surface area contributed by atoms with E-state index < -0.39 is 0 Å². The quantitative estimate of drug-likeness (QED) is 0.710. The Morgan fingerprint density at radius 1 is 1.04 bits per heavy atom. The number of nitrogens with one attached hydrogen (secondary N) is 1. The van der Waals surface area contributed by atoms with Gasteiger partial charge in [0.1, 0.15) is 0 Å². The predicted octanol–water partition coefficient (Wildman–Crippen LogP) is 3.78. The van der Waals surface area contributed by atoms with Gasteiger partial charge in [-0.1, -0.05) is 42.5 Å². The number of benzene rings is 2. The second-order valence-corrected chi connectivity index (χ2v) is 6.15. The number of nitrogens with zero attached hydrogens (tertiary/aromatic N) is 1. The van der Waals surface area contributed by atoms with Crippen LogP contribution in [0.3, 0.4) is 0 Å². The van der Waals surface area contributed by atoms with Gasteiger partial charge in [-0.25, -0.2) is 4.98 Å². The molecule has 0 aliphatic carbocycles. The van der Waals surface area contributed by atoms with Crippen LogP contribution >= 0.6 is 11.3 Å². The number of thiazole rings is 1. The zero-order chi connectivity index (χ0) is 17.6. The van der Waals surface area contributed by atoms with Gasteiger partial charge in [-0.3, -0.25) is 14.9 Å². The highest BCUT2D eigenvalue weighted by molar-refractivity contribution is 7.14. The molecule has 1 amide bonds. The van der Waals surface area contributed by atoms with E-state index in [1.165, 1.54) is 18.4 Å². The van der Waals surface area contributed by atoms with Crippen molar-refractivity contribution >= 4 is 28.3 Å². The first kappa shape index (κ1) is 16.9. The Morgan fingerprint density at radius 3 is 2.40 bits per heavy atom. The van der Waals surface area contributed by atoms with Crippen LogP contribution in [0.1, 0.15) is 16.1 Å². The Labute approximate surface area is 149 Å². The van der Waals surface area contributed by atoms with Crippen molar-refractivity contribution in [3.63, 3.8) is 0 Å². The number of hydrogen-bond acceptors (Lipinski definition) is 5. The zero-order valence-electron chi connectivity index (χ0n) is 13.6. The van der Waals surface area contributed by atoms with E-state index in [0.29, 0.717) is 16.4 Å². The average molecular weight is 352 g/mol. The van der Waals surface area contributed by atoms with Crippen molar-refractivity contribution in [2.75, 3.05) is 12.4 Å². The number of anilines is 1. The van der Waals surface area contributed by atoms with E-state index in [9.17, 15) is 9.59 Å². The molecule has 6 heteroatoms. The summed E-state index contributed by atoms with van der Waals surface area (Å²) in [4.78, 5) is 27.8.